The third-order valence-corrected chi connectivity index (χ3v) is 5.12. The molecular weight excluding hydrogens is 362 g/mol. The van der Waals surface area contributed by atoms with Crippen LogP contribution >= 0.6 is 0 Å². The topological polar surface area (TPSA) is 78.1 Å². The van der Waals surface area contributed by atoms with Crippen molar-refractivity contribution in [1.82, 2.24) is 9.97 Å². The van der Waals surface area contributed by atoms with Gasteiger partial charge in [-0.15, -0.1) is 0 Å². The van der Waals surface area contributed by atoms with Gasteiger partial charge in [-0.3, -0.25) is 0 Å². The van der Waals surface area contributed by atoms with Gasteiger partial charge < -0.3 is 14.6 Å². The third kappa shape index (κ3) is 3.14. The van der Waals surface area contributed by atoms with Gasteiger partial charge in [-0.05, 0) is 37.1 Å². The maximum absolute atomic E-state index is 6.11. The molecule has 0 unspecified atom stereocenters. The van der Waals surface area contributed by atoms with Gasteiger partial charge in [0.05, 0.1) is 0 Å². The molecule has 0 fully saturated rings. The van der Waals surface area contributed by atoms with E-state index < -0.39 is 0 Å². The average Bonchev–Trinajstić information content (AvgIpc) is 3.36. The molecule has 0 amide bonds. The monoisotopic (exact) mass is 383 g/mol. The second kappa shape index (κ2) is 7.09. The minimum atomic E-state index is 0.205. The lowest BCUT2D eigenvalue weighted by atomic mass is 10.0. The van der Waals surface area contributed by atoms with E-state index in [0.29, 0.717) is 11.5 Å². The van der Waals surface area contributed by atoms with Crippen LogP contribution in [0, 0.1) is 0 Å². The number of nitrogen functional groups attached to an aromatic ring is 1. The Morgan fingerprint density at radius 2 is 1.31 bits per heavy atom. The van der Waals surface area contributed by atoms with Crippen LogP contribution in [0.1, 0.15) is 25.3 Å². The van der Waals surface area contributed by atoms with Crippen molar-refractivity contribution in [3.05, 3.63) is 66.2 Å². The fourth-order valence-electron chi connectivity index (χ4n) is 3.70. The highest BCUT2D eigenvalue weighted by Gasteiger charge is 2.21. The lowest BCUT2D eigenvalue weighted by Crippen LogP contribution is -2.04. The molecule has 0 spiro atoms. The van der Waals surface area contributed by atoms with Crippen molar-refractivity contribution in [2.24, 2.45) is 0 Å². The van der Waals surface area contributed by atoms with Gasteiger partial charge in [0.15, 0.2) is 11.5 Å². The normalized spacial score (nSPS) is 11.5. The summed E-state index contributed by atoms with van der Waals surface area (Å²) in [5.41, 5.74) is 10.2. The lowest BCUT2D eigenvalue weighted by Gasteiger charge is -2.11. The number of rotatable bonds is 5. The van der Waals surface area contributed by atoms with Crippen LogP contribution in [0.2, 0.25) is 0 Å². The second-order valence-corrected chi connectivity index (χ2v) is 7.16. The first-order valence-electron chi connectivity index (χ1n) is 9.87. The Bertz CT molecular complexity index is 1160. The number of hydrogen-bond acceptors (Lipinski definition) is 5. The summed E-state index contributed by atoms with van der Waals surface area (Å²) in [6.07, 6.45) is 2.88. The summed E-state index contributed by atoms with van der Waals surface area (Å²) in [5.74, 6) is 1.60. The third-order valence-electron chi connectivity index (χ3n) is 5.12. The average molecular weight is 383 g/mol. The summed E-state index contributed by atoms with van der Waals surface area (Å²) in [6, 6.07) is 19.9. The molecule has 0 bridgehead atoms. The summed E-state index contributed by atoms with van der Waals surface area (Å²) in [7, 11) is 0. The minimum absolute atomic E-state index is 0.205. The lowest BCUT2D eigenvalue weighted by molar-refractivity contribution is 0.621. The van der Waals surface area contributed by atoms with Crippen molar-refractivity contribution in [3.8, 4) is 22.9 Å². The first-order chi connectivity index (χ1) is 14.2. The molecule has 3 heterocycles. The van der Waals surface area contributed by atoms with E-state index in [2.05, 4.69) is 16.9 Å². The van der Waals surface area contributed by atoms with Crippen molar-refractivity contribution in [2.75, 3.05) is 5.73 Å². The Labute approximate surface area is 168 Å². The molecule has 0 aliphatic rings. The molecule has 0 atom stereocenters. The predicted molar refractivity (Wildman–Crippen MR) is 115 cm³/mol. The van der Waals surface area contributed by atoms with Gasteiger partial charge in [-0.25, -0.2) is 9.97 Å². The zero-order valence-electron chi connectivity index (χ0n) is 16.2. The Balaban J connectivity index is 1.74. The molecule has 2 N–H and O–H groups in total. The highest BCUT2D eigenvalue weighted by Crippen LogP contribution is 2.36. The molecule has 5 heteroatoms. The van der Waals surface area contributed by atoms with Crippen LogP contribution in [-0.4, -0.2) is 9.97 Å². The van der Waals surface area contributed by atoms with Crippen LogP contribution in [0.4, 0.5) is 5.95 Å². The first kappa shape index (κ1) is 17.5. The Morgan fingerprint density at radius 1 is 0.793 bits per heavy atom. The Hall–Kier alpha value is -3.60. The van der Waals surface area contributed by atoms with Crippen molar-refractivity contribution < 1.29 is 8.83 Å². The zero-order chi connectivity index (χ0) is 19.8. The molecule has 29 heavy (non-hydrogen) atoms. The standard InChI is InChI=1S/C24H21N3O2/c1-2-3-10-17-22(20-13-15-8-4-6-11-18(15)28-20)26-24(25)27-23(17)21-14-16-9-5-7-12-19(16)29-21/h4-9,11-14H,2-3,10H2,1H3,(H2,25,26,27). The summed E-state index contributed by atoms with van der Waals surface area (Å²) in [4.78, 5) is 9.13. The van der Waals surface area contributed by atoms with Crippen LogP contribution < -0.4 is 5.73 Å². The van der Waals surface area contributed by atoms with E-state index in [1.54, 1.807) is 0 Å². The van der Waals surface area contributed by atoms with E-state index in [1.807, 2.05) is 60.7 Å². The minimum Gasteiger partial charge on any atom is -0.454 e. The maximum atomic E-state index is 6.11. The summed E-state index contributed by atoms with van der Waals surface area (Å²) in [5, 5.41) is 2.07. The van der Waals surface area contributed by atoms with Crippen LogP contribution in [-0.2, 0) is 6.42 Å². The van der Waals surface area contributed by atoms with E-state index in [1.165, 1.54) is 0 Å². The predicted octanol–water partition coefficient (Wildman–Crippen LogP) is 6.23. The molecule has 0 aliphatic carbocycles. The van der Waals surface area contributed by atoms with E-state index in [-0.39, 0.29) is 5.95 Å². The van der Waals surface area contributed by atoms with E-state index in [4.69, 9.17) is 14.6 Å². The van der Waals surface area contributed by atoms with Crippen LogP contribution in [0.5, 0.6) is 0 Å². The number of hydrogen-bond donors (Lipinski definition) is 1. The summed E-state index contributed by atoms with van der Waals surface area (Å²) >= 11 is 0. The Kier molecular flexibility index (Phi) is 4.28. The number of furan rings is 2. The number of anilines is 1. The van der Waals surface area contributed by atoms with Crippen LogP contribution in [0.25, 0.3) is 44.8 Å². The molecule has 3 aromatic heterocycles. The van der Waals surface area contributed by atoms with Crippen molar-refractivity contribution >= 4 is 27.9 Å². The van der Waals surface area contributed by atoms with E-state index >= 15 is 0 Å². The molecular formula is C24H21N3O2. The maximum Gasteiger partial charge on any atom is 0.221 e. The molecule has 144 valence electrons. The molecule has 0 radical (unpaired) electrons. The fraction of sp³-hybridized carbons (Fsp3) is 0.167. The van der Waals surface area contributed by atoms with Crippen LogP contribution in [0.3, 0.4) is 0 Å². The van der Waals surface area contributed by atoms with Gasteiger partial charge >= 0.3 is 0 Å². The fourth-order valence-corrected chi connectivity index (χ4v) is 3.70. The number of benzene rings is 2. The van der Waals surface area contributed by atoms with Crippen molar-refractivity contribution in [2.45, 2.75) is 26.2 Å². The number of fused-ring (bicyclic) bond motifs is 2. The SMILES string of the molecule is CCCCc1c(-c2cc3ccccc3o2)nc(N)nc1-c1cc2ccccc2o1. The van der Waals surface area contributed by atoms with Crippen molar-refractivity contribution in [3.63, 3.8) is 0 Å². The molecule has 0 aliphatic heterocycles. The first-order valence-corrected chi connectivity index (χ1v) is 9.87. The van der Waals surface area contributed by atoms with E-state index in [9.17, 15) is 0 Å². The molecule has 0 saturated heterocycles. The zero-order valence-corrected chi connectivity index (χ0v) is 16.2. The number of para-hydroxylation sites is 2. The molecule has 2 aromatic carbocycles. The van der Waals surface area contributed by atoms with Crippen LogP contribution in [0.15, 0.2) is 69.5 Å². The van der Waals surface area contributed by atoms with Gasteiger partial charge in [0.1, 0.15) is 22.6 Å². The highest BCUT2D eigenvalue weighted by atomic mass is 16.3. The molecule has 5 aromatic rings. The summed E-state index contributed by atoms with van der Waals surface area (Å²) < 4.78 is 12.2. The molecule has 5 nitrogen and oxygen atoms in total. The number of nitrogens with two attached hydrogens (primary N) is 1. The van der Waals surface area contributed by atoms with E-state index in [0.717, 1.165) is 58.2 Å². The molecule has 5 rings (SSSR count). The highest BCUT2D eigenvalue weighted by molar-refractivity contribution is 5.86. The number of nitrogens with zero attached hydrogens (tertiary/aromatic N) is 2. The molecule has 0 saturated carbocycles. The van der Waals surface area contributed by atoms with Crippen molar-refractivity contribution in [1.29, 1.82) is 0 Å². The van der Waals surface area contributed by atoms with Gasteiger partial charge in [-0.1, -0.05) is 49.7 Å². The summed E-state index contributed by atoms with van der Waals surface area (Å²) in [6.45, 7) is 2.17. The van der Waals surface area contributed by atoms with Gasteiger partial charge in [-0.2, -0.15) is 0 Å². The number of aromatic nitrogens is 2. The van der Waals surface area contributed by atoms with Gasteiger partial charge in [0.25, 0.3) is 0 Å². The van der Waals surface area contributed by atoms with Gasteiger partial charge in [0.2, 0.25) is 5.95 Å². The Morgan fingerprint density at radius 3 is 1.79 bits per heavy atom. The smallest absolute Gasteiger partial charge is 0.221 e. The largest absolute Gasteiger partial charge is 0.454 e. The quantitative estimate of drug-likeness (QED) is 0.389. The van der Waals surface area contributed by atoms with Gasteiger partial charge in [0, 0.05) is 16.3 Å². The second-order valence-electron chi connectivity index (χ2n) is 7.16. The number of unbranched alkanes of at least 4 members (excludes halogenated alkanes) is 1.